The Hall–Kier alpha value is -5.61. The van der Waals surface area contributed by atoms with Crippen molar-refractivity contribution in [3.63, 3.8) is 0 Å². The summed E-state index contributed by atoms with van der Waals surface area (Å²) in [4.78, 5) is 14.7. The number of benzene rings is 6. The lowest BCUT2D eigenvalue weighted by Gasteiger charge is -2.08. The van der Waals surface area contributed by atoms with Crippen LogP contribution in [0, 0.1) is 0 Å². The van der Waals surface area contributed by atoms with Crippen LogP contribution in [0.1, 0.15) is 0 Å². The van der Waals surface area contributed by atoms with E-state index < -0.39 is 0 Å². The quantitative estimate of drug-likeness (QED) is 0.231. The lowest BCUT2D eigenvalue weighted by Crippen LogP contribution is -2.00. The predicted octanol–water partition coefficient (Wildman–Crippen LogP) is 9.57. The number of rotatable bonds is 3. The molecule has 9 rings (SSSR count). The van der Waals surface area contributed by atoms with Gasteiger partial charge in [0, 0.05) is 27.5 Å². The van der Waals surface area contributed by atoms with Crippen LogP contribution in [0.25, 0.3) is 89.1 Å². The number of nitrogens with zero attached hydrogens (tertiary/aromatic N) is 3. The molecular weight excluding hydrogens is 502 g/mol. The molecule has 0 unspecified atom stereocenters. The Labute approximate surface area is 235 Å². The van der Waals surface area contributed by atoms with Crippen LogP contribution >= 0.6 is 0 Å². The molecule has 0 aliphatic heterocycles. The van der Waals surface area contributed by atoms with E-state index in [2.05, 4.69) is 54.6 Å². The average molecular weight is 524 g/mol. The van der Waals surface area contributed by atoms with Crippen LogP contribution in [0.15, 0.2) is 132 Å². The minimum Gasteiger partial charge on any atom is -0.456 e. The van der Waals surface area contributed by atoms with Crippen LogP contribution in [0.5, 0.6) is 0 Å². The van der Waals surface area contributed by atoms with Crippen molar-refractivity contribution in [2.45, 2.75) is 0 Å². The van der Waals surface area contributed by atoms with Gasteiger partial charge in [0.2, 0.25) is 0 Å². The molecule has 8 aromatic rings. The van der Waals surface area contributed by atoms with Gasteiger partial charge in [-0.3, -0.25) is 0 Å². The van der Waals surface area contributed by atoms with Crippen molar-refractivity contribution < 1.29 is 4.42 Å². The summed E-state index contributed by atoms with van der Waals surface area (Å²) < 4.78 is 6.40. The lowest BCUT2D eigenvalue weighted by molar-refractivity contribution is 0.669. The summed E-state index contributed by atoms with van der Waals surface area (Å²) in [5.41, 5.74) is 9.56. The molecule has 2 aromatic heterocycles. The van der Waals surface area contributed by atoms with Crippen molar-refractivity contribution >= 4 is 32.7 Å². The Kier molecular flexibility index (Phi) is 4.58. The molecule has 190 valence electrons. The summed E-state index contributed by atoms with van der Waals surface area (Å²) >= 11 is 0. The molecule has 0 atom stereocenters. The van der Waals surface area contributed by atoms with Crippen LogP contribution < -0.4 is 0 Å². The second-order valence-electron chi connectivity index (χ2n) is 10.5. The van der Waals surface area contributed by atoms with Crippen molar-refractivity contribution in [3.05, 3.63) is 127 Å². The Bertz CT molecular complexity index is 2240. The summed E-state index contributed by atoms with van der Waals surface area (Å²) in [6, 6.07) is 43.9. The lowest BCUT2D eigenvalue weighted by atomic mass is 10.0. The van der Waals surface area contributed by atoms with Gasteiger partial charge in [-0.1, -0.05) is 97.1 Å². The summed E-state index contributed by atoms with van der Waals surface area (Å²) in [6.45, 7) is 0. The monoisotopic (exact) mass is 523 g/mol. The number of aromatic nitrogens is 3. The average Bonchev–Trinajstić information content (AvgIpc) is 3.56. The topological polar surface area (TPSA) is 51.8 Å². The first-order valence-corrected chi connectivity index (χ1v) is 13.7. The van der Waals surface area contributed by atoms with Crippen LogP contribution in [-0.4, -0.2) is 15.0 Å². The van der Waals surface area contributed by atoms with Gasteiger partial charge in [-0.2, -0.15) is 0 Å². The van der Waals surface area contributed by atoms with E-state index in [1.807, 2.05) is 72.8 Å². The molecular formula is C37H21N3O. The van der Waals surface area contributed by atoms with E-state index >= 15 is 0 Å². The highest BCUT2D eigenvalue weighted by Gasteiger charge is 2.23. The first-order valence-electron chi connectivity index (χ1n) is 13.7. The van der Waals surface area contributed by atoms with Crippen molar-refractivity contribution in [1.82, 2.24) is 15.0 Å². The molecule has 2 heterocycles. The van der Waals surface area contributed by atoms with E-state index in [1.54, 1.807) is 0 Å². The molecule has 4 heteroatoms. The van der Waals surface area contributed by atoms with E-state index in [1.165, 1.54) is 33.0 Å². The third-order valence-corrected chi connectivity index (χ3v) is 8.05. The van der Waals surface area contributed by atoms with E-state index in [0.29, 0.717) is 17.5 Å². The normalized spacial score (nSPS) is 11.9. The third-order valence-electron chi connectivity index (χ3n) is 8.05. The third kappa shape index (κ3) is 3.38. The van der Waals surface area contributed by atoms with Gasteiger partial charge < -0.3 is 4.42 Å². The standard InChI is InChI=1S/C37H21N3O/c1-3-9-23(10-4-1)35-38-36(24-11-5-2-6-12-24)40-37(39-35)25-17-18-32-30(19-25)31-20-28-26-15-7-13-22-14-8-16-27(34(22)26)29(28)21-33(31)41-32/h1-21H. The molecule has 0 amide bonds. The van der Waals surface area contributed by atoms with Crippen LogP contribution in [0.3, 0.4) is 0 Å². The number of furan rings is 1. The summed E-state index contributed by atoms with van der Waals surface area (Å²) in [5, 5.41) is 4.71. The van der Waals surface area contributed by atoms with Gasteiger partial charge in [-0.15, -0.1) is 0 Å². The van der Waals surface area contributed by atoms with E-state index in [-0.39, 0.29) is 0 Å². The molecule has 4 nitrogen and oxygen atoms in total. The first kappa shape index (κ1) is 22.2. The highest BCUT2D eigenvalue weighted by Crippen LogP contribution is 2.49. The van der Waals surface area contributed by atoms with Crippen molar-refractivity contribution in [3.8, 4) is 56.4 Å². The molecule has 0 spiro atoms. The molecule has 41 heavy (non-hydrogen) atoms. The first-order chi connectivity index (χ1) is 20.3. The number of fused-ring (bicyclic) bond motifs is 6. The van der Waals surface area contributed by atoms with Crippen molar-refractivity contribution in [2.75, 3.05) is 0 Å². The number of hydrogen-bond acceptors (Lipinski definition) is 4. The molecule has 0 fully saturated rings. The Morgan fingerprint density at radius 3 is 1.59 bits per heavy atom. The molecule has 6 aromatic carbocycles. The van der Waals surface area contributed by atoms with Crippen LogP contribution in [0.4, 0.5) is 0 Å². The van der Waals surface area contributed by atoms with Crippen molar-refractivity contribution in [1.29, 1.82) is 0 Å². The molecule has 1 aliphatic rings. The zero-order valence-corrected chi connectivity index (χ0v) is 21.9. The van der Waals surface area contributed by atoms with Gasteiger partial charge in [0.25, 0.3) is 0 Å². The van der Waals surface area contributed by atoms with Gasteiger partial charge in [-0.05, 0) is 63.4 Å². The van der Waals surface area contributed by atoms with Gasteiger partial charge in [0.1, 0.15) is 11.2 Å². The minimum absolute atomic E-state index is 0.632. The van der Waals surface area contributed by atoms with Crippen LogP contribution in [-0.2, 0) is 0 Å². The SMILES string of the molecule is c1ccc(-c2nc(-c3ccccc3)nc(-c3ccc4oc5cc6c(cc5c4c3)-c3cccc4cccc-6c34)n2)cc1. The van der Waals surface area contributed by atoms with E-state index in [9.17, 15) is 0 Å². The van der Waals surface area contributed by atoms with Crippen LogP contribution in [0.2, 0.25) is 0 Å². The second kappa shape index (κ2) is 8.44. The summed E-state index contributed by atoms with van der Waals surface area (Å²) in [5.74, 6) is 1.93. The highest BCUT2D eigenvalue weighted by atomic mass is 16.3. The van der Waals surface area contributed by atoms with Gasteiger partial charge in [0.05, 0.1) is 0 Å². The molecule has 0 bridgehead atoms. The van der Waals surface area contributed by atoms with E-state index in [4.69, 9.17) is 19.4 Å². The fourth-order valence-electron chi connectivity index (χ4n) is 6.13. The Balaban J connectivity index is 1.25. The Morgan fingerprint density at radius 2 is 0.951 bits per heavy atom. The van der Waals surface area contributed by atoms with Crippen molar-refractivity contribution in [2.24, 2.45) is 0 Å². The minimum atomic E-state index is 0.632. The number of hydrogen-bond donors (Lipinski definition) is 0. The predicted molar refractivity (Wildman–Crippen MR) is 165 cm³/mol. The van der Waals surface area contributed by atoms with Gasteiger partial charge in [-0.25, -0.2) is 15.0 Å². The fraction of sp³-hybridized carbons (Fsp3) is 0. The zero-order chi connectivity index (χ0) is 26.9. The smallest absolute Gasteiger partial charge is 0.164 e. The summed E-state index contributed by atoms with van der Waals surface area (Å²) in [6.07, 6.45) is 0. The summed E-state index contributed by atoms with van der Waals surface area (Å²) in [7, 11) is 0. The maximum Gasteiger partial charge on any atom is 0.164 e. The largest absolute Gasteiger partial charge is 0.456 e. The maximum absolute atomic E-state index is 6.40. The molecule has 0 saturated heterocycles. The van der Waals surface area contributed by atoms with Gasteiger partial charge >= 0.3 is 0 Å². The fourth-order valence-corrected chi connectivity index (χ4v) is 6.13. The van der Waals surface area contributed by atoms with Gasteiger partial charge in [0.15, 0.2) is 17.5 Å². The molecule has 0 radical (unpaired) electrons. The maximum atomic E-state index is 6.40. The van der Waals surface area contributed by atoms with E-state index in [0.717, 1.165) is 38.6 Å². The second-order valence-corrected chi connectivity index (χ2v) is 10.5. The molecule has 0 saturated carbocycles. The molecule has 1 aliphatic carbocycles. The highest BCUT2D eigenvalue weighted by molar-refractivity contribution is 6.19. The Morgan fingerprint density at radius 1 is 0.390 bits per heavy atom. The molecule has 0 N–H and O–H groups in total. The zero-order valence-electron chi connectivity index (χ0n) is 21.9.